The third kappa shape index (κ3) is 6.42. The first-order valence-corrected chi connectivity index (χ1v) is 13.2. The number of nitrogens with one attached hydrogen (secondary N) is 1. The molecule has 204 valence electrons. The standard InChI is InChI=1S/C30H33N3O6/c1-30(2,3)39-29(36)33-15-5-8-24(33)28(35)32-21-10-14-27(31-18-21)37-23-11-13-26-20(17-23)9-12-25(38-26)19-6-4-7-22(34)16-19/h4,6-7,10-11,13-14,16-18,24-25,34H,5,8-9,12,15H2,1-3H3,(H,32,35)/t24?,25-/m0/s1. The van der Waals surface area contributed by atoms with Crippen molar-refractivity contribution in [2.75, 3.05) is 11.9 Å². The van der Waals surface area contributed by atoms with Crippen LogP contribution in [0.5, 0.6) is 23.1 Å². The number of fused-ring (bicyclic) bond motifs is 1. The Morgan fingerprint density at radius 1 is 1.10 bits per heavy atom. The fourth-order valence-corrected chi connectivity index (χ4v) is 4.83. The van der Waals surface area contributed by atoms with E-state index in [1.807, 2.05) is 30.3 Å². The number of aryl methyl sites for hydroxylation is 1. The molecule has 2 amide bonds. The van der Waals surface area contributed by atoms with Crippen LogP contribution in [-0.2, 0) is 16.0 Å². The summed E-state index contributed by atoms with van der Waals surface area (Å²) in [4.78, 5) is 31.2. The Bertz CT molecular complexity index is 1350. The third-order valence-corrected chi connectivity index (χ3v) is 6.63. The highest BCUT2D eigenvalue weighted by molar-refractivity contribution is 5.96. The summed E-state index contributed by atoms with van der Waals surface area (Å²) in [5.74, 6) is 1.77. The minimum absolute atomic E-state index is 0.110. The zero-order valence-corrected chi connectivity index (χ0v) is 22.3. The summed E-state index contributed by atoms with van der Waals surface area (Å²) in [5.41, 5.74) is 1.88. The van der Waals surface area contributed by atoms with E-state index in [0.29, 0.717) is 30.3 Å². The number of aromatic nitrogens is 1. The van der Waals surface area contributed by atoms with Gasteiger partial charge in [0.2, 0.25) is 11.8 Å². The van der Waals surface area contributed by atoms with Crippen molar-refractivity contribution >= 4 is 17.7 Å². The van der Waals surface area contributed by atoms with Crippen molar-refractivity contribution in [2.45, 2.75) is 64.2 Å². The van der Waals surface area contributed by atoms with Crippen molar-refractivity contribution in [1.82, 2.24) is 9.88 Å². The van der Waals surface area contributed by atoms with Gasteiger partial charge in [-0.2, -0.15) is 0 Å². The van der Waals surface area contributed by atoms with E-state index in [0.717, 1.165) is 36.1 Å². The average Bonchev–Trinajstić information content (AvgIpc) is 3.39. The number of carbonyl (C=O) groups is 2. The topological polar surface area (TPSA) is 110 Å². The normalized spacial score (nSPS) is 18.6. The molecule has 1 unspecified atom stereocenters. The van der Waals surface area contributed by atoms with E-state index in [-0.39, 0.29) is 17.8 Å². The van der Waals surface area contributed by atoms with E-state index in [1.165, 1.54) is 11.1 Å². The van der Waals surface area contributed by atoms with Gasteiger partial charge in [0, 0.05) is 12.6 Å². The van der Waals surface area contributed by atoms with Crippen LogP contribution >= 0.6 is 0 Å². The van der Waals surface area contributed by atoms with Crippen LogP contribution < -0.4 is 14.8 Å². The molecule has 1 aromatic heterocycles. The molecule has 0 aliphatic carbocycles. The number of benzene rings is 2. The first-order chi connectivity index (χ1) is 18.6. The molecule has 0 saturated carbocycles. The van der Waals surface area contributed by atoms with Gasteiger partial charge in [-0.15, -0.1) is 0 Å². The zero-order valence-electron chi connectivity index (χ0n) is 22.3. The Kier molecular flexibility index (Phi) is 7.32. The first-order valence-electron chi connectivity index (χ1n) is 13.2. The van der Waals surface area contributed by atoms with Crippen molar-refractivity contribution in [3.8, 4) is 23.1 Å². The molecule has 2 aliphatic heterocycles. The molecule has 2 atom stereocenters. The van der Waals surface area contributed by atoms with Gasteiger partial charge in [0.05, 0.1) is 11.9 Å². The van der Waals surface area contributed by atoms with Gasteiger partial charge in [-0.3, -0.25) is 9.69 Å². The van der Waals surface area contributed by atoms with Crippen LogP contribution in [0.4, 0.5) is 10.5 Å². The monoisotopic (exact) mass is 531 g/mol. The molecule has 2 aliphatic rings. The predicted molar refractivity (Wildman–Crippen MR) is 145 cm³/mol. The average molecular weight is 532 g/mol. The lowest BCUT2D eigenvalue weighted by molar-refractivity contribution is -0.120. The Hall–Kier alpha value is -4.27. The Morgan fingerprint density at radius 2 is 1.95 bits per heavy atom. The van der Waals surface area contributed by atoms with Crippen LogP contribution in [0, 0.1) is 0 Å². The van der Waals surface area contributed by atoms with E-state index in [2.05, 4.69) is 10.3 Å². The van der Waals surface area contributed by atoms with E-state index in [4.69, 9.17) is 14.2 Å². The highest BCUT2D eigenvalue weighted by Crippen LogP contribution is 2.38. The molecular weight excluding hydrogens is 498 g/mol. The fraction of sp³-hybridized carbons (Fsp3) is 0.367. The minimum atomic E-state index is -0.624. The molecule has 0 radical (unpaired) electrons. The summed E-state index contributed by atoms with van der Waals surface area (Å²) in [7, 11) is 0. The van der Waals surface area contributed by atoms with Crippen molar-refractivity contribution in [1.29, 1.82) is 0 Å². The SMILES string of the molecule is CC(C)(C)OC(=O)N1CCCC1C(=O)Nc1ccc(Oc2ccc3c(c2)CC[C@@H](c2cccc(O)c2)O3)nc1. The number of hydrogen-bond acceptors (Lipinski definition) is 7. The number of likely N-dealkylation sites (tertiary alicyclic amines) is 1. The summed E-state index contributed by atoms with van der Waals surface area (Å²) < 4.78 is 17.6. The van der Waals surface area contributed by atoms with Gasteiger partial charge in [-0.05, 0) is 94.0 Å². The molecule has 2 N–H and O–H groups in total. The fourth-order valence-electron chi connectivity index (χ4n) is 4.83. The second-order valence-corrected chi connectivity index (χ2v) is 10.8. The molecule has 0 spiro atoms. The van der Waals surface area contributed by atoms with Crippen molar-refractivity contribution in [3.05, 3.63) is 71.9 Å². The van der Waals surface area contributed by atoms with Crippen LogP contribution in [0.15, 0.2) is 60.8 Å². The summed E-state index contributed by atoms with van der Waals surface area (Å²) in [6, 6.07) is 15.6. The minimum Gasteiger partial charge on any atom is -0.508 e. The number of phenols is 1. The third-order valence-electron chi connectivity index (χ3n) is 6.63. The molecule has 39 heavy (non-hydrogen) atoms. The van der Waals surface area contributed by atoms with E-state index >= 15 is 0 Å². The largest absolute Gasteiger partial charge is 0.508 e. The number of phenolic OH excluding ortho intramolecular Hbond substituents is 1. The summed E-state index contributed by atoms with van der Waals surface area (Å²) in [6.45, 7) is 5.90. The van der Waals surface area contributed by atoms with E-state index in [1.54, 1.807) is 45.0 Å². The number of hydrogen-bond donors (Lipinski definition) is 2. The molecule has 3 heterocycles. The number of aromatic hydroxyl groups is 1. The molecule has 9 nitrogen and oxygen atoms in total. The second-order valence-electron chi connectivity index (χ2n) is 10.8. The second kappa shape index (κ2) is 10.8. The predicted octanol–water partition coefficient (Wildman–Crippen LogP) is 5.98. The first kappa shape index (κ1) is 26.3. The lowest BCUT2D eigenvalue weighted by Crippen LogP contribution is -2.45. The number of ether oxygens (including phenoxy) is 3. The van der Waals surface area contributed by atoms with Gasteiger partial charge in [0.1, 0.15) is 35.0 Å². The molecule has 1 fully saturated rings. The quantitative estimate of drug-likeness (QED) is 0.416. The molecule has 3 aromatic rings. The molecule has 2 aromatic carbocycles. The van der Waals surface area contributed by atoms with E-state index in [9.17, 15) is 14.7 Å². The maximum Gasteiger partial charge on any atom is 0.410 e. The number of pyridine rings is 1. The molecular formula is C30H33N3O6. The van der Waals surface area contributed by atoms with Crippen molar-refractivity contribution in [2.24, 2.45) is 0 Å². The number of amides is 2. The smallest absolute Gasteiger partial charge is 0.410 e. The molecule has 9 heteroatoms. The molecule has 1 saturated heterocycles. The van der Waals surface area contributed by atoms with Gasteiger partial charge >= 0.3 is 6.09 Å². The zero-order chi connectivity index (χ0) is 27.6. The van der Waals surface area contributed by atoms with Crippen LogP contribution in [-0.4, -0.2) is 45.2 Å². The Balaban J connectivity index is 1.18. The maximum absolute atomic E-state index is 12.9. The highest BCUT2D eigenvalue weighted by Gasteiger charge is 2.36. The van der Waals surface area contributed by atoms with Crippen molar-refractivity contribution < 1.29 is 28.9 Å². The van der Waals surface area contributed by atoms with Crippen LogP contribution in [0.3, 0.4) is 0 Å². The Morgan fingerprint density at radius 3 is 2.69 bits per heavy atom. The van der Waals surface area contributed by atoms with Gasteiger partial charge in [0.25, 0.3) is 0 Å². The highest BCUT2D eigenvalue weighted by atomic mass is 16.6. The van der Waals surface area contributed by atoms with Crippen LogP contribution in [0.25, 0.3) is 0 Å². The van der Waals surface area contributed by atoms with Crippen LogP contribution in [0.1, 0.15) is 57.3 Å². The lowest BCUT2D eigenvalue weighted by atomic mass is 9.97. The maximum atomic E-state index is 12.9. The summed E-state index contributed by atoms with van der Waals surface area (Å²) >= 11 is 0. The van der Waals surface area contributed by atoms with Gasteiger partial charge < -0.3 is 24.6 Å². The number of rotatable bonds is 5. The molecule has 5 rings (SSSR count). The van der Waals surface area contributed by atoms with Crippen molar-refractivity contribution in [3.63, 3.8) is 0 Å². The van der Waals surface area contributed by atoms with E-state index < -0.39 is 17.7 Å². The van der Waals surface area contributed by atoms with Gasteiger partial charge in [-0.1, -0.05) is 12.1 Å². The van der Waals surface area contributed by atoms with Gasteiger partial charge in [-0.25, -0.2) is 9.78 Å². The van der Waals surface area contributed by atoms with Crippen LogP contribution in [0.2, 0.25) is 0 Å². The summed E-state index contributed by atoms with van der Waals surface area (Å²) in [6.07, 6.45) is 3.86. The number of carbonyl (C=O) groups excluding carboxylic acids is 2. The Labute approximate surface area is 227 Å². The number of nitrogens with zero attached hydrogens (tertiary/aromatic N) is 2. The van der Waals surface area contributed by atoms with Gasteiger partial charge in [0.15, 0.2) is 0 Å². The summed E-state index contributed by atoms with van der Waals surface area (Å²) in [5, 5.41) is 12.6. The molecule has 0 bridgehead atoms. The lowest BCUT2D eigenvalue weighted by Gasteiger charge is -2.28. The number of anilines is 1.